The highest BCUT2D eigenvalue weighted by Gasteiger charge is 2.18. The number of rotatable bonds is 4. The first kappa shape index (κ1) is 20.6. The molecule has 5 heterocycles. The first-order valence-corrected chi connectivity index (χ1v) is 11.7. The molecule has 6 rings (SSSR count). The molecule has 7 heteroatoms. The maximum absolute atomic E-state index is 13.1. The maximum atomic E-state index is 13.1. The smallest absolute Gasteiger partial charge is 0.333 e. The summed E-state index contributed by atoms with van der Waals surface area (Å²) in [6, 6.07) is 16.5. The van der Waals surface area contributed by atoms with Gasteiger partial charge in [0.25, 0.3) is 0 Å². The summed E-state index contributed by atoms with van der Waals surface area (Å²) in [4.78, 5) is 25.3. The van der Waals surface area contributed by atoms with Gasteiger partial charge in [0.15, 0.2) is 0 Å². The Bertz CT molecular complexity index is 1520. The first-order valence-electron chi connectivity index (χ1n) is 11.7. The molecule has 170 valence electrons. The van der Waals surface area contributed by atoms with Gasteiger partial charge < -0.3 is 14.9 Å². The number of nitrogens with zero attached hydrogens (tertiary/aromatic N) is 4. The number of benzene rings is 1. The van der Waals surface area contributed by atoms with Crippen molar-refractivity contribution in [3.63, 3.8) is 0 Å². The normalized spacial score (nSPS) is 14.6. The lowest BCUT2D eigenvalue weighted by atomic mass is 9.90. The van der Waals surface area contributed by atoms with Crippen LogP contribution in [0.25, 0.3) is 39.2 Å². The van der Waals surface area contributed by atoms with E-state index in [0.717, 1.165) is 65.2 Å². The summed E-state index contributed by atoms with van der Waals surface area (Å²) in [5, 5.41) is 4.48. The Labute approximate surface area is 197 Å². The van der Waals surface area contributed by atoms with E-state index in [-0.39, 0.29) is 5.69 Å². The number of aromatic amines is 1. The summed E-state index contributed by atoms with van der Waals surface area (Å²) in [6.45, 7) is 2.12. The summed E-state index contributed by atoms with van der Waals surface area (Å²) >= 11 is 0. The topological polar surface area (TPSA) is 80.5 Å². The molecule has 0 aliphatic carbocycles. The number of piperidine rings is 1. The number of nitrogens with one attached hydrogen (secondary N) is 2. The van der Waals surface area contributed by atoms with Crippen LogP contribution in [-0.2, 0) is 7.05 Å². The van der Waals surface area contributed by atoms with Crippen molar-refractivity contribution in [3.05, 3.63) is 89.4 Å². The van der Waals surface area contributed by atoms with Gasteiger partial charge in [-0.2, -0.15) is 0 Å². The highest BCUT2D eigenvalue weighted by Crippen LogP contribution is 2.29. The van der Waals surface area contributed by atoms with E-state index in [1.807, 2.05) is 36.8 Å². The molecule has 4 aromatic heterocycles. The molecule has 1 aliphatic heterocycles. The molecule has 1 aliphatic rings. The first-order chi connectivity index (χ1) is 16.7. The quantitative estimate of drug-likeness (QED) is 0.429. The largest absolute Gasteiger partial charge is 0.346 e. The third-order valence-corrected chi connectivity index (χ3v) is 6.77. The molecule has 0 unspecified atom stereocenters. The number of imidazole rings is 1. The van der Waals surface area contributed by atoms with Gasteiger partial charge >= 0.3 is 5.69 Å². The fourth-order valence-corrected chi connectivity index (χ4v) is 4.89. The van der Waals surface area contributed by atoms with E-state index in [1.54, 1.807) is 22.4 Å². The third kappa shape index (κ3) is 3.64. The Balaban J connectivity index is 1.39. The van der Waals surface area contributed by atoms with Crippen molar-refractivity contribution in [1.29, 1.82) is 0 Å². The Morgan fingerprint density at radius 3 is 2.62 bits per heavy atom. The van der Waals surface area contributed by atoms with Crippen LogP contribution in [0.5, 0.6) is 0 Å². The van der Waals surface area contributed by atoms with Gasteiger partial charge in [-0.05, 0) is 79.4 Å². The number of hydrogen-bond donors (Lipinski definition) is 2. The number of hydrogen-bond acceptors (Lipinski definition) is 4. The van der Waals surface area contributed by atoms with Crippen LogP contribution >= 0.6 is 0 Å². The highest BCUT2D eigenvalue weighted by molar-refractivity contribution is 5.82. The highest BCUT2D eigenvalue weighted by atomic mass is 16.1. The molecule has 0 spiro atoms. The molecule has 1 aromatic carbocycles. The van der Waals surface area contributed by atoms with Crippen molar-refractivity contribution in [3.8, 4) is 28.2 Å². The summed E-state index contributed by atoms with van der Waals surface area (Å²) < 4.78 is 3.35. The minimum atomic E-state index is -0.0905. The SMILES string of the molecule is Cn1cc(-c2cc(-c3cnc4[nH]ccc4c3)ccn2)n(-c2ccc(C3CCNCC3)cc2)c1=O. The summed E-state index contributed by atoms with van der Waals surface area (Å²) in [5.74, 6) is 0.576. The predicted molar refractivity (Wildman–Crippen MR) is 134 cm³/mol. The van der Waals surface area contributed by atoms with Crippen LogP contribution in [0.15, 0.2) is 78.1 Å². The second-order valence-electron chi connectivity index (χ2n) is 8.93. The molecule has 0 atom stereocenters. The Morgan fingerprint density at radius 2 is 1.79 bits per heavy atom. The van der Waals surface area contributed by atoms with Crippen molar-refractivity contribution in [2.24, 2.45) is 7.05 Å². The van der Waals surface area contributed by atoms with Gasteiger partial charge in [0, 0.05) is 42.8 Å². The fraction of sp³-hybridized carbons (Fsp3) is 0.222. The Morgan fingerprint density at radius 1 is 0.971 bits per heavy atom. The molecule has 0 radical (unpaired) electrons. The molecule has 0 amide bonds. The van der Waals surface area contributed by atoms with Crippen LogP contribution in [0, 0.1) is 0 Å². The van der Waals surface area contributed by atoms with Crippen molar-refractivity contribution >= 4 is 11.0 Å². The number of pyridine rings is 2. The molecule has 34 heavy (non-hydrogen) atoms. The molecule has 0 bridgehead atoms. The van der Waals surface area contributed by atoms with E-state index in [0.29, 0.717) is 5.92 Å². The lowest BCUT2D eigenvalue weighted by Gasteiger charge is -2.23. The number of aromatic nitrogens is 5. The average Bonchev–Trinajstić information content (AvgIpc) is 3.48. The van der Waals surface area contributed by atoms with Crippen molar-refractivity contribution in [2.75, 3.05) is 13.1 Å². The van der Waals surface area contributed by atoms with Crippen molar-refractivity contribution in [1.82, 2.24) is 29.4 Å². The lowest BCUT2D eigenvalue weighted by Crippen LogP contribution is -2.26. The maximum Gasteiger partial charge on any atom is 0.333 e. The van der Waals surface area contributed by atoms with Crippen molar-refractivity contribution in [2.45, 2.75) is 18.8 Å². The second-order valence-corrected chi connectivity index (χ2v) is 8.93. The van der Waals surface area contributed by atoms with E-state index < -0.39 is 0 Å². The monoisotopic (exact) mass is 450 g/mol. The van der Waals surface area contributed by atoms with Gasteiger partial charge in [-0.25, -0.2) is 9.78 Å². The van der Waals surface area contributed by atoms with Gasteiger partial charge in [0.2, 0.25) is 0 Å². The van der Waals surface area contributed by atoms with Gasteiger partial charge in [0.05, 0.1) is 17.1 Å². The van der Waals surface area contributed by atoms with Crippen LogP contribution < -0.4 is 11.0 Å². The number of aryl methyl sites for hydroxylation is 1. The third-order valence-electron chi connectivity index (χ3n) is 6.77. The predicted octanol–water partition coefficient (Wildman–Crippen LogP) is 4.25. The minimum Gasteiger partial charge on any atom is -0.346 e. The molecule has 1 saturated heterocycles. The van der Waals surface area contributed by atoms with E-state index >= 15 is 0 Å². The van der Waals surface area contributed by atoms with E-state index in [2.05, 4.69) is 50.6 Å². The molecule has 7 nitrogen and oxygen atoms in total. The van der Waals surface area contributed by atoms with Crippen LogP contribution in [0.3, 0.4) is 0 Å². The van der Waals surface area contributed by atoms with Crippen LogP contribution in [0.1, 0.15) is 24.3 Å². The molecule has 5 aromatic rings. The van der Waals surface area contributed by atoms with Gasteiger partial charge in [-0.1, -0.05) is 12.1 Å². The fourth-order valence-electron chi connectivity index (χ4n) is 4.89. The van der Waals surface area contributed by atoms with Gasteiger partial charge in [0.1, 0.15) is 5.65 Å². The van der Waals surface area contributed by atoms with Gasteiger partial charge in [-0.3, -0.25) is 9.55 Å². The molecule has 2 N–H and O–H groups in total. The van der Waals surface area contributed by atoms with Crippen molar-refractivity contribution < 1.29 is 0 Å². The standard InChI is InChI=1S/C27H26N6O/c1-32-17-25(24-15-20(8-12-29-24)22-14-21-9-13-30-26(21)31-16-22)33(27(32)34)23-4-2-18(3-5-23)19-6-10-28-11-7-19/h2-5,8-9,12-17,19,28H,6-7,10-11H2,1H3,(H,30,31). The Kier molecular flexibility index (Phi) is 5.11. The number of H-pyrrole nitrogens is 1. The Hall–Kier alpha value is -3.97. The number of fused-ring (bicyclic) bond motifs is 1. The summed E-state index contributed by atoms with van der Waals surface area (Å²) in [7, 11) is 1.78. The molecule has 0 saturated carbocycles. The van der Waals surface area contributed by atoms with Crippen LogP contribution in [0.2, 0.25) is 0 Å². The zero-order valence-corrected chi connectivity index (χ0v) is 19.0. The zero-order valence-electron chi connectivity index (χ0n) is 19.0. The van der Waals surface area contributed by atoms with E-state index in [4.69, 9.17) is 0 Å². The molecular formula is C27H26N6O. The summed E-state index contributed by atoms with van der Waals surface area (Å²) in [6.07, 6.45) is 9.68. The summed E-state index contributed by atoms with van der Waals surface area (Å²) in [5.41, 5.74) is 6.47. The zero-order chi connectivity index (χ0) is 23.1. The average molecular weight is 451 g/mol. The molecule has 1 fully saturated rings. The van der Waals surface area contributed by atoms with Crippen LogP contribution in [-0.4, -0.2) is 37.2 Å². The van der Waals surface area contributed by atoms with Gasteiger partial charge in [-0.15, -0.1) is 0 Å². The lowest BCUT2D eigenvalue weighted by molar-refractivity contribution is 0.460. The van der Waals surface area contributed by atoms with E-state index in [1.165, 1.54) is 5.56 Å². The van der Waals surface area contributed by atoms with E-state index in [9.17, 15) is 4.79 Å². The molecular weight excluding hydrogens is 424 g/mol. The second kappa shape index (κ2) is 8.43. The van der Waals surface area contributed by atoms with Crippen LogP contribution in [0.4, 0.5) is 0 Å². The minimum absolute atomic E-state index is 0.0905.